The fourth-order valence-corrected chi connectivity index (χ4v) is 5.95. The summed E-state index contributed by atoms with van der Waals surface area (Å²) in [7, 11) is 0. The number of para-hydroxylation sites is 1. The maximum absolute atomic E-state index is 15.2. The van der Waals surface area contributed by atoms with Gasteiger partial charge >= 0.3 is 11.9 Å². The zero-order chi connectivity index (χ0) is 34.5. The Bertz CT molecular complexity index is 2390. The number of nitrogens with zero attached hydrogens (tertiary/aromatic N) is 4. The first-order valence-corrected chi connectivity index (χ1v) is 15.5. The van der Waals surface area contributed by atoms with E-state index in [4.69, 9.17) is 4.74 Å². The maximum Gasteiger partial charge on any atom is 0.348 e. The monoisotopic (exact) mass is 648 g/mol. The molecule has 240 valence electrons. The standard InChI is InChI=1S/C40H29FN4O4/c1-2-49-40(48)31(21-43)17-33-25-44(22-26-8-4-3-5-9-26)38-13-12-28(19-36(33)38)29-14-27(15-34(41)18-29)23-45-24-32(16-30(20-42)39(46)47)35-10-6-7-11-37(35)45/h3-19,24-25H,2,22-23H2,1H3,(H,46,47)/b30-16+,31-17+. The summed E-state index contributed by atoms with van der Waals surface area (Å²) >= 11 is 0. The molecule has 0 bridgehead atoms. The first-order valence-electron chi connectivity index (χ1n) is 15.5. The van der Waals surface area contributed by atoms with Crippen LogP contribution in [0.4, 0.5) is 4.39 Å². The molecule has 49 heavy (non-hydrogen) atoms. The first kappa shape index (κ1) is 32.2. The van der Waals surface area contributed by atoms with Crippen LogP contribution in [0.15, 0.2) is 115 Å². The van der Waals surface area contributed by atoms with Gasteiger partial charge in [0.05, 0.1) is 6.61 Å². The molecule has 0 atom stereocenters. The van der Waals surface area contributed by atoms with Crippen LogP contribution in [0, 0.1) is 28.5 Å². The predicted octanol–water partition coefficient (Wildman–Crippen LogP) is 7.96. The third-order valence-corrected chi connectivity index (χ3v) is 8.14. The van der Waals surface area contributed by atoms with Gasteiger partial charge in [-0.3, -0.25) is 0 Å². The first-order chi connectivity index (χ1) is 23.8. The van der Waals surface area contributed by atoms with Crippen LogP contribution >= 0.6 is 0 Å². The van der Waals surface area contributed by atoms with Gasteiger partial charge in [-0.05, 0) is 77.7 Å². The Hall–Kier alpha value is -6.71. The van der Waals surface area contributed by atoms with E-state index in [1.807, 2.05) is 100 Å². The van der Waals surface area contributed by atoms with Gasteiger partial charge in [0.25, 0.3) is 0 Å². The van der Waals surface area contributed by atoms with Crippen LogP contribution in [0.5, 0.6) is 0 Å². The minimum Gasteiger partial charge on any atom is -0.477 e. The molecule has 2 aromatic heterocycles. The third kappa shape index (κ3) is 6.87. The average molecular weight is 649 g/mol. The molecular weight excluding hydrogens is 619 g/mol. The van der Waals surface area contributed by atoms with E-state index in [9.17, 15) is 25.2 Å². The number of carboxylic acids is 1. The van der Waals surface area contributed by atoms with E-state index in [2.05, 4.69) is 0 Å². The van der Waals surface area contributed by atoms with Gasteiger partial charge in [-0.2, -0.15) is 10.5 Å². The summed E-state index contributed by atoms with van der Waals surface area (Å²) in [5.41, 5.74) is 5.47. The highest BCUT2D eigenvalue weighted by Gasteiger charge is 2.16. The number of carbonyl (C=O) groups is 2. The lowest BCUT2D eigenvalue weighted by molar-refractivity contribution is -0.138. The maximum atomic E-state index is 15.2. The molecule has 8 nitrogen and oxygen atoms in total. The summed E-state index contributed by atoms with van der Waals surface area (Å²) < 4.78 is 24.3. The number of nitriles is 2. The fourth-order valence-electron chi connectivity index (χ4n) is 5.95. The van der Waals surface area contributed by atoms with Gasteiger partial charge in [-0.25, -0.2) is 14.0 Å². The van der Waals surface area contributed by atoms with E-state index in [0.29, 0.717) is 28.8 Å². The number of halogens is 1. The van der Waals surface area contributed by atoms with Crippen molar-refractivity contribution in [3.8, 4) is 23.3 Å². The van der Waals surface area contributed by atoms with Crippen molar-refractivity contribution in [1.82, 2.24) is 9.13 Å². The van der Waals surface area contributed by atoms with Crippen LogP contribution in [0.2, 0.25) is 0 Å². The van der Waals surface area contributed by atoms with Gasteiger partial charge in [0.15, 0.2) is 0 Å². The number of benzene rings is 4. The molecule has 2 heterocycles. The number of rotatable bonds is 10. The second-order valence-electron chi connectivity index (χ2n) is 11.4. The molecule has 0 saturated heterocycles. The molecule has 0 amide bonds. The van der Waals surface area contributed by atoms with E-state index in [1.54, 1.807) is 19.2 Å². The largest absolute Gasteiger partial charge is 0.477 e. The van der Waals surface area contributed by atoms with Crippen molar-refractivity contribution in [2.24, 2.45) is 0 Å². The Morgan fingerprint density at radius 2 is 1.39 bits per heavy atom. The van der Waals surface area contributed by atoms with Crippen LogP contribution in [0.3, 0.4) is 0 Å². The predicted molar refractivity (Wildman–Crippen MR) is 185 cm³/mol. The van der Waals surface area contributed by atoms with E-state index in [-0.39, 0.29) is 24.3 Å². The van der Waals surface area contributed by atoms with E-state index < -0.39 is 17.8 Å². The fraction of sp³-hybridized carbons (Fsp3) is 0.100. The Kier molecular flexibility index (Phi) is 9.19. The van der Waals surface area contributed by atoms with Gasteiger partial charge in [0, 0.05) is 58.4 Å². The number of ether oxygens (including phenoxy) is 1. The van der Waals surface area contributed by atoms with Crippen molar-refractivity contribution in [2.75, 3.05) is 6.61 Å². The molecule has 0 spiro atoms. The molecule has 0 radical (unpaired) electrons. The number of hydrogen-bond donors (Lipinski definition) is 1. The SMILES string of the molecule is CCOC(=O)/C(C#N)=C/c1cn(Cc2ccccc2)c2ccc(-c3cc(F)cc(Cn4cc(/C=C(\C#N)C(=O)O)c5ccccc54)c3)cc12. The number of esters is 1. The molecular formula is C40H29FN4O4. The lowest BCUT2D eigenvalue weighted by atomic mass is 9.99. The van der Waals surface area contributed by atoms with Crippen LogP contribution in [-0.4, -0.2) is 32.8 Å². The second-order valence-corrected chi connectivity index (χ2v) is 11.4. The summed E-state index contributed by atoms with van der Waals surface area (Å²) in [6, 6.07) is 31.6. The van der Waals surface area contributed by atoms with Gasteiger partial charge in [-0.15, -0.1) is 0 Å². The summed E-state index contributed by atoms with van der Waals surface area (Å²) in [5, 5.41) is 30.0. The Morgan fingerprint density at radius 1 is 0.755 bits per heavy atom. The third-order valence-electron chi connectivity index (χ3n) is 8.14. The van der Waals surface area contributed by atoms with E-state index in [1.165, 1.54) is 24.3 Å². The zero-order valence-electron chi connectivity index (χ0n) is 26.4. The number of fused-ring (bicyclic) bond motifs is 2. The van der Waals surface area contributed by atoms with Gasteiger partial charge in [0.2, 0.25) is 0 Å². The van der Waals surface area contributed by atoms with Gasteiger partial charge < -0.3 is 19.0 Å². The Morgan fingerprint density at radius 3 is 2.08 bits per heavy atom. The van der Waals surface area contributed by atoms with Crippen molar-refractivity contribution >= 4 is 45.9 Å². The molecule has 0 aliphatic heterocycles. The second kappa shape index (κ2) is 14.0. The van der Waals surface area contributed by atoms with Crippen molar-refractivity contribution in [2.45, 2.75) is 20.0 Å². The van der Waals surface area contributed by atoms with Crippen molar-refractivity contribution in [3.05, 3.63) is 143 Å². The highest BCUT2D eigenvalue weighted by Crippen LogP contribution is 2.32. The van der Waals surface area contributed by atoms with Crippen molar-refractivity contribution in [1.29, 1.82) is 10.5 Å². The molecule has 4 aromatic carbocycles. The van der Waals surface area contributed by atoms with Crippen LogP contribution < -0.4 is 0 Å². The summed E-state index contributed by atoms with van der Waals surface area (Å²) in [4.78, 5) is 24.0. The van der Waals surface area contributed by atoms with Gasteiger partial charge in [-0.1, -0.05) is 54.6 Å². The lowest BCUT2D eigenvalue weighted by Crippen LogP contribution is -2.05. The topological polar surface area (TPSA) is 121 Å². The quantitative estimate of drug-likeness (QED) is 0.0914. The highest BCUT2D eigenvalue weighted by molar-refractivity contribution is 6.02. The number of aliphatic carboxylic acids is 1. The smallest absolute Gasteiger partial charge is 0.348 e. The minimum absolute atomic E-state index is 0.127. The normalized spacial score (nSPS) is 11.8. The molecule has 0 unspecified atom stereocenters. The van der Waals surface area contributed by atoms with Crippen LogP contribution in [0.1, 0.15) is 29.2 Å². The number of hydrogen-bond acceptors (Lipinski definition) is 5. The van der Waals surface area contributed by atoms with E-state index >= 15 is 4.39 Å². The Balaban J connectivity index is 1.42. The van der Waals surface area contributed by atoms with Crippen LogP contribution in [0.25, 0.3) is 45.1 Å². The Labute approximate surface area is 281 Å². The van der Waals surface area contributed by atoms with Crippen LogP contribution in [-0.2, 0) is 27.4 Å². The molecule has 0 saturated carbocycles. The average Bonchev–Trinajstić information content (AvgIpc) is 3.62. The minimum atomic E-state index is -1.31. The lowest BCUT2D eigenvalue weighted by Gasteiger charge is -2.10. The van der Waals surface area contributed by atoms with Crippen molar-refractivity contribution in [3.63, 3.8) is 0 Å². The zero-order valence-corrected chi connectivity index (χ0v) is 26.4. The number of carboxylic acid groups (broad SMARTS) is 1. The number of carbonyl (C=O) groups excluding carboxylic acids is 1. The molecule has 6 aromatic rings. The number of aromatic nitrogens is 2. The molecule has 0 fully saturated rings. The molecule has 6 rings (SSSR count). The summed E-state index contributed by atoms with van der Waals surface area (Å²) in [5.74, 6) is -2.45. The molecule has 9 heteroatoms. The summed E-state index contributed by atoms with van der Waals surface area (Å²) in [6.45, 7) is 2.65. The van der Waals surface area contributed by atoms with Gasteiger partial charge in [0.1, 0.15) is 29.1 Å². The molecule has 0 aliphatic rings. The van der Waals surface area contributed by atoms with Crippen molar-refractivity contribution < 1.29 is 23.8 Å². The molecule has 0 aliphatic carbocycles. The molecule has 1 N–H and O–H groups in total. The van der Waals surface area contributed by atoms with E-state index in [0.717, 1.165) is 32.9 Å². The summed E-state index contributed by atoms with van der Waals surface area (Å²) in [6.07, 6.45) is 6.50. The highest BCUT2D eigenvalue weighted by atomic mass is 19.1.